The normalized spacial score (nSPS) is 10.6. The van der Waals surface area contributed by atoms with Crippen LogP contribution >= 0.6 is 11.8 Å². The monoisotopic (exact) mass is 353 g/mol. The fraction of sp³-hybridized carbons (Fsp3) is 0.100. The molecule has 0 saturated carbocycles. The molecule has 0 amide bonds. The van der Waals surface area contributed by atoms with Gasteiger partial charge in [-0.25, -0.2) is 4.39 Å². The Balaban J connectivity index is 2.19. The summed E-state index contributed by atoms with van der Waals surface area (Å²) in [6.45, 7) is 1.96. The van der Waals surface area contributed by atoms with E-state index in [1.165, 1.54) is 42.1 Å². The Morgan fingerprint density at radius 1 is 1.00 bits per heavy atom. The summed E-state index contributed by atoms with van der Waals surface area (Å²) in [4.78, 5) is 25.4. The molecule has 126 valence electrons. The predicted octanol–water partition coefficient (Wildman–Crippen LogP) is 4.32. The van der Waals surface area contributed by atoms with E-state index >= 15 is 0 Å². The molecule has 2 aromatic carbocycles. The molecule has 0 radical (unpaired) electrons. The van der Waals surface area contributed by atoms with Gasteiger partial charge in [-0.3, -0.25) is 14.2 Å². The van der Waals surface area contributed by atoms with E-state index in [1.807, 2.05) is 37.3 Å². The van der Waals surface area contributed by atoms with E-state index in [2.05, 4.69) is 0 Å². The van der Waals surface area contributed by atoms with Crippen LogP contribution in [0.25, 0.3) is 5.69 Å². The van der Waals surface area contributed by atoms with Gasteiger partial charge in [0, 0.05) is 17.3 Å². The minimum Gasteiger partial charge on any atom is -0.289 e. The molecule has 0 bridgehead atoms. The molecule has 0 aliphatic carbocycles. The van der Waals surface area contributed by atoms with Gasteiger partial charge in [-0.2, -0.15) is 0 Å². The molecule has 0 unspecified atom stereocenters. The van der Waals surface area contributed by atoms with Gasteiger partial charge in [0.15, 0.2) is 5.78 Å². The van der Waals surface area contributed by atoms with Gasteiger partial charge in [0.2, 0.25) is 0 Å². The summed E-state index contributed by atoms with van der Waals surface area (Å²) in [5.74, 6) is 0.0783. The number of benzene rings is 2. The van der Waals surface area contributed by atoms with Gasteiger partial charge in [-0.15, -0.1) is 11.8 Å². The number of ketones is 1. The first-order valence-corrected chi connectivity index (χ1v) is 8.85. The average Bonchev–Trinajstić information content (AvgIpc) is 2.63. The topological polar surface area (TPSA) is 39.1 Å². The van der Waals surface area contributed by atoms with Gasteiger partial charge < -0.3 is 0 Å². The molecule has 1 aromatic heterocycles. The summed E-state index contributed by atoms with van der Waals surface area (Å²) < 4.78 is 14.7. The lowest BCUT2D eigenvalue weighted by Gasteiger charge is -2.15. The van der Waals surface area contributed by atoms with E-state index in [4.69, 9.17) is 0 Å². The number of carbonyl (C=O) groups is 1. The standard InChI is InChI=1S/C20H16FNO2S/c1-2-25-20-17(19(24)14-8-10-15(21)11-9-14)12-13-18(23)22(20)16-6-4-3-5-7-16/h3-13H,2H2,1H3. The highest BCUT2D eigenvalue weighted by Gasteiger charge is 2.19. The van der Waals surface area contributed by atoms with Crippen molar-refractivity contribution in [1.82, 2.24) is 4.57 Å². The highest BCUT2D eigenvalue weighted by Crippen LogP contribution is 2.26. The number of rotatable bonds is 5. The predicted molar refractivity (Wildman–Crippen MR) is 98.3 cm³/mol. The summed E-state index contributed by atoms with van der Waals surface area (Å²) in [6, 6.07) is 17.6. The molecule has 0 aliphatic heterocycles. The lowest BCUT2D eigenvalue weighted by atomic mass is 10.0. The average molecular weight is 353 g/mol. The zero-order valence-electron chi connectivity index (χ0n) is 13.6. The summed E-state index contributed by atoms with van der Waals surface area (Å²) in [7, 11) is 0. The smallest absolute Gasteiger partial charge is 0.255 e. The van der Waals surface area contributed by atoms with Crippen molar-refractivity contribution in [3.8, 4) is 5.69 Å². The van der Waals surface area contributed by atoms with Crippen molar-refractivity contribution in [2.45, 2.75) is 11.9 Å². The number of para-hydroxylation sites is 1. The van der Waals surface area contributed by atoms with Crippen LogP contribution in [0.15, 0.2) is 76.6 Å². The number of thioether (sulfide) groups is 1. The number of nitrogens with zero attached hydrogens (tertiary/aromatic N) is 1. The zero-order valence-corrected chi connectivity index (χ0v) is 14.4. The minimum absolute atomic E-state index is 0.196. The largest absolute Gasteiger partial charge is 0.289 e. The Morgan fingerprint density at radius 3 is 2.32 bits per heavy atom. The van der Waals surface area contributed by atoms with E-state index < -0.39 is 5.82 Å². The molecule has 0 spiro atoms. The number of halogens is 1. The van der Waals surface area contributed by atoms with Crippen LogP contribution in [0.4, 0.5) is 4.39 Å². The van der Waals surface area contributed by atoms with Crippen LogP contribution in [0.5, 0.6) is 0 Å². The third-order valence-corrected chi connectivity index (χ3v) is 4.66. The van der Waals surface area contributed by atoms with E-state index in [-0.39, 0.29) is 11.3 Å². The summed E-state index contributed by atoms with van der Waals surface area (Å²) >= 11 is 1.43. The van der Waals surface area contributed by atoms with Crippen molar-refractivity contribution >= 4 is 17.5 Å². The molecule has 0 N–H and O–H groups in total. The van der Waals surface area contributed by atoms with E-state index in [1.54, 1.807) is 10.6 Å². The Hall–Kier alpha value is -2.66. The maximum atomic E-state index is 13.1. The molecule has 0 fully saturated rings. The van der Waals surface area contributed by atoms with Crippen LogP contribution < -0.4 is 5.56 Å². The van der Waals surface area contributed by atoms with Crippen molar-refractivity contribution in [3.05, 3.63) is 94.0 Å². The number of hydrogen-bond acceptors (Lipinski definition) is 3. The van der Waals surface area contributed by atoms with Crippen LogP contribution in [-0.4, -0.2) is 16.1 Å². The SMILES string of the molecule is CCSc1c(C(=O)c2ccc(F)cc2)ccc(=O)n1-c1ccccc1. The minimum atomic E-state index is -0.394. The van der Waals surface area contributed by atoms with Gasteiger partial charge in [0.1, 0.15) is 5.82 Å². The van der Waals surface area contributed by atoms with Gasteiger partial charge in [-0.1, -0.05) is 25.1 Å². The molecular formula is C20H16FNO2S. The summed E-state index contributed by atoms with van der Waals surface area (Å²) in [6.07, 6.45) is 0. The third-order valence-electron chi connectivity index (χ3n) is 3.69. The molecular weight excluding hydrogens is 337 g/mol. The van der Waals surface area contributed by atoms with Crippen molar-refractivity contribution < 1.29 is 9.18 Å². The van der Waals surface area contributed by atoms with Gasteiger partial charge in [0.05, 0.1) is 10.6 Å². The van der Waals surface area contributed by atoms with Crippen molar-refractivity contribution in [2.24, 2.45) is 0 Å². The van der Waals surface area contributed by atoms with Crippen LogP contribution in [-0.2, 0) is 0 Å². The second-order valence-corrected chi connectivity index (χ2v) is 6.58. The van der Waals surface area contributed by atoms with Gasteiger partial charge in [-0.05, 0) is 48.2 Å². The number of pyridine rings is 1. The second-order valence-electron chi connectivity index (χ2n) is 5.33. The molecule has 3 rings (SSSR count). The first kappa shape index (κ1) is 17.2. The highest BCUT2D eigenvalue weighted by atomic mass is 32.2. The Morgan fingerprint density at radius 2 is 1.68 bits per heavy atom. The van der Waals surface area contributed by atoms with Gasteiger partial charge >= 0.3 is 0 Å². The lowest BCUT2D eigenvalue weighted by Crippen LogP contribution is -2.22. The molecule has 25 heavy (non-hydrogen) atoms. The lowest BCUT2D eigenvalue weighted by molar-refractivity contribution is 0.103. The summed E-state index contributed by atoms with van der Waals surface area (Å²) in [5, 5.41) is 0.593. The fourth-order valence-electron chi connectivity index (χ4n) is 2.55. The van der Waals surface area contributed by atoms with Crippen LogP contribution in [0.3, 0.4) is 0 Å². The second kappa shape index (κ2) is 7.49. The maximum Gasteiger partial charge on any atom is 0.255 e. The Kier molecular flexibility index (Phi) is 5.14. The Labute approximate surface area is 149 Å². The molecule has 0 aliphatic rings. The molecule has 3 nitrogen and oxygen atoms in total. The van der Waals surface area contributed by atoms with Crippen LogP contribution in [0.2, 0.25) is 0 Å². The maximum absolute atomic E-state index is 13.1. The van der Waals surface area contributed by atoms with Crippen LogP contribution in [0.1, 0.15) is 22.8 Å². The van der Waals surface area contributed by atoms with Crippen LogP contribution in [0, 0.1) is 5.82 Å². The molecule has 1 heterocycles. The molecule has 3 aromatic rings. The van der Waals surface area contributed by atoms with Gasteiger partial charge in [0.25, 0.3) is 5.56 Å². The van der Waals surface area contributed by atoms with E-state index in [0.29, 0.717) is 27.6 Å². The Bertz CT molecular complexity index is 950. The summed E-state index contributed by atoms with van der Waals surface area (Å²) in [5.41, 5.74) is 1.33. The number of carbonyl (C=O) groups excluding carboxylic acids is 1. The molecule has 5 heteroatoms. The number of aromatic nitrogens is 1. The van der Waals surface area contributed by atoms with Crippen molar-refractivity contribution in [3.63, 3.8) is 0 Å². The third kappa shape index (κ3) is 3.56. The highest BCUT2D eigenvalue weighted by molar-refractivity contribution is 7.99. The number of hydrogen-bond donors (Lipinski definition) is 0. The first-order chi connectivity index (χ1) is 12.1. The van der Waals surface area contributed by atoms with Crippen molar-refractivity contribution in [1.29, 1.82) is 0 Å². The van der Waals surface area contributed by atoms with E-state index in [9.17, 15) is 14.0 Å². The first-order valence-electron chi connectivity index (χ1n) is 7.86. The quantitative estimate of drug-likeness (QED) is 0.506. The zero-order chi connectivity index (χ0) is 17.8. The molecule has 0 atom stereocenters. The van der Waals surface area contributed by atoms with Crippen molar-refractivity contribution in [2.75, 3.05) is 5.75 Å². The molecule has 0 saturated heterocycles. The fourth-order valence-corrected chi connectivity index (χ4v) is 3.47. The van der Waals surface area contributed by atoms with E-state index in [0.717, 1.165) is 0 Å².